The first-order valence-corrected chi connectivity index (χ1v) is 5.48. The highest BCUT2D eigenvalue weighted by molar-refractivity contribution is 5.87. The van der Waals surface area contributed by atoms with E-state index in [9.17, 15) is 18.0 Å². The molecule has 1 aromatic heterocycles. The molecule has 2 rings (SSSR count). The average molecular weight is 269 g/mol. The number of benzene rings is 1. The van der Waals surface area contributed by atoms with Gasteiger partial charge in [-0.2, -0.15) is 13.2 Å². The van der Waals surface area contributed by atoms with Gasteiger partial charge in [-0.3, -0.25) is 9.78 Å². The predicted octanol–water partition coefficient (Wildman–Crippen LogP) is 3.44. The molecule has 0 fully saturated rings. The minimum atomic E-state index is -4.48. The summed E-state index contributed by atoms with van der Waals surface area (Å²) in [4.78, 5) is 14.4. The van der Waals surface area contributed by atoms with Crippen LogP contribution < -0.4 is 0 Å². The maximum Gasteiger partial charge on any atom is 0.418 e. The Morgan fingerprint density at radius 2 is 2.00 bits per heavy atom. The summed E-state index contributed by atoms with van der Waals surface area (Å²) in [6.07, 6.45) is -2.42. The second kappa shape index (κ2) is 4.53. The van der Waals surface area contributed by atoms with Crippen molar-refractivity contribution < 1.29 is 23.1 Å². The first kappa shape index (κ1) is 13.3. The minimum absolute atomic E-state index is 0.0174. The van der Waals surface area contributed by atoms with Gasteiger partial charge in [-0.05, 0) is 23.9 Å². The molecule has 1 unspecified atom stereocenters. The van der Waals surface area contributed by atoms with Crippen LogP contribution in [0.25, 0.3) is 10.8 Å². The summed E-state index contributed by atoms with van der Waals surface area (Å²) in [7, 11) is 0. The molecule has 0 amide bonds. The zero-order chi connectivity index (χ0) is 14.2. The Balaban J connectivity index is 2.61. The molecule has 1 atom stereocenters. The molecule has 0 saturated carbocycles. The van der Waals surface area contributed by atoms with Crippen molar-refractivity contribution in [2.24, 2.45) is 0 Å². The number of rotatable bonds is 2. The number of hydrogen-bond donors (Lipinski definition) is 1. The van der Waals surface area contributed by atoms with Gasteiger partial charge in [0.15, 0.2) is 0 Å². The van der Waals surface area contributed by atoms with Crippen LogP contribution >= 0.6 is 0 Å². The maximum atomic E-state index is 12.8. The molecule has 6 heteroatoms. The largest absolute Gasteiger partial charge is 0.481 e. The van der Waals surface area contributed by atoms with Crippen LogP contribution in [-0.4, -0.2) is 16.1 Å². The van der Waals surface area contributed by atoms with E-state index >= 15 is 0 Å². The van der Waals surface area contributed by atoms with Crippen molar-refractivity contribution in [3.63, 3.8) is 0 Å². The van der Waals surface area contributed by atoms with E-state index in [4.69, 9.17) is 5.11 Å². The minimum Gasteiger partial charge on any atom is -0.481 e. The second-order valence-electron chi connectivity index (χ2n) is 4.23. The molecule has 0 bridgehead atoms. The van der Waals surface area contributed by atoms with Crippen LogP contribution in [0.1, 0.15) is 24.0 Å². The number of halogens is 3. The molecule has 0 aliphatic rings. The number of nitrogens with zero attached hydrogens (tertiary/aromatic N) is 1. The second-order valence-corrected chi connectivity index (χ2v) is 4.23. The van der Waals surface area contributed by atoms with Gasteiger partial charge in [0.2, 0.25) is 0 Å². The number of carbonyl (C=O) groups is 1. The van der Waals surface area contributed by atoms with Gasteiger partial charge in [-0.15, -0.1) is 0 Å². The average Bonchev–Trinajstić information content (AvgIpc) is 2.35. The molecule has 0 aliphatic heterocycles. The van der Waals surface area contributed by atoms with E-state index in [-0.39, 0.29) is 10.8 Å². The summed E-state index contributed by atoms with van der Waals surface area (Å²) < 4.78 is 38.3. The number of aromatic nitrogens is 1. The van der Waals surface area contributed by atoms with Gasteiger partial charge in [-0.25, -0.2) is 0 Å². The summed E-state index contributed by atoms with van der Waals surface area (Å²) in [6.45, 7) is 1.48. The quantitative estimate of drug-likeness (QED) is 0.908. The normalized spacial score (nSPS) is 13.5. The lowest BCUT2D eigenvalue weighted by molar-refractivity contribution is -0.138. The summed E-state index contributed by atoms with van der Waals surface area (Å²) in [6, 6.07) is 4.11. The highest BCUT2D eigenvalue weighted by atomic mass is 19.4. The van der Waals surface area contributed by atoms with E-state index in [0.717, 1.165) is 6.20 Å². The first-order chi connectivity index (χ1) is 8.80. The fourth-order valence-electron chi connectivity index (χ4n) is 1.83. The molecule has 1 aromatic carbocycles. The Morgan fingerprint density at radius 1 is 1.32 bits per heavy atom. The van der Waals surface area contributed by atoms with E-state index in [2.05, 4.69) is 4.98 Å². The third-order valence-corrected chi connectivity index (χ3v) is 2.96. The standard InChI is InChI=1S/C13H10F3NO2/c1-7(12(18)19)8-2-3-10-9(4-8)5-17-6-11(10)13(14,15)16/h2-7H,1H3,(H,18,19). The van der Waals surface area contributed by atoms with E-state index < -0.39 is 23.6 Å². The van der Waals surface area contributed by atoms with Gasteiger partial charge in [0.05, 0.1) is 11.5 Å². The molecular formula is C13H10F3NO2. The van der Waals surface area contributed by atoms with Crippen molar-refractivity contribution in [2.45, 2.75) is 19.0 Å². The van der Waals surface area contributed by atoms with Crippen LogP contribution in [0.5, 0.6) is 0 Å². The highest BCUT2D eigenvalue weighted by Crippen LogP contribution is 2.34. The SMILES string of the molecule is CC(C(=O)O)c1ccc2c(C(F)(F)F)cncc2c1. The van der Waals surface area contributed by atoms with Crippen LogP contribution in [-0.2, 0) is 11.0 Å². The van der Waals surface area contributed by atoms with Crippen LogP contribution in [0.15, 0.2) is 30.6 Å². The zero-order valence-electron chi connectivity index (χ0n) is 9.90. The molecule has 1 heterocycles. The van der Waals surface area contributed by atoms with Crippen molar-refractivity contribution in [3.05, 3.63) is 41.7 Å². The molecule has 1 N–H and O–H groups in total. The molecule has 0 aliphatic carbocycles. The molecule has 3 nitrogen and oxygen atoms in total. The van der Waals surface area contributed by atoms with E-state index in [1.165, 1.54) is 31.3 Å². The Hall–Kier alpha value is -2.11. The molecule has 2 aromatic rings. The van der Waals surface area contributed by atoms with Gasteiger partial charge < -0.3 is 5.11 Å². The molecular weight excluding hydrogens is 259 g/mol. The molecule has 19 heavy (non-hydrogen) atoms. The molecule has 0 spiro atoms. The number of pyridine rings is 1. The van der Waals surface area contributed by atoms with Gasteiger partial charge >= 0.3 is 12.1 Å². The topological polar surface area (TPSA) is 50.2 Å². The van der Waals surface area contributed by atoms with E-state index in [1.807, 2.05) is 0 Å². The van der Waals surface area contributed by atoms with Gasteiger partial charge in [0.25, 0.3) is 0 Å². The van der Waals surface area contributed by atoms with Gasteiger partial charge in [0.1, 0.15) is 0 Å². The number of aliphatic carboxylic acids is 1. The lowest BCUT2D eigenvalue weighted by atomic mass is 9.97. The Bertz CT molecular complexity index is 637. The van der Waals surface area contributed by atoms with Crippen molar-refractivity contribution >= 4 is 16.7 Å². The van der Waals surface area contributed by atoms with Crippen molar-refractivity contribution in [1.29, 1.82) is 0 Å². The van der Waals surface area contributed by atoms with Crippen LogP contribution in [0.2, 0.25) is 0 Å². The molecule has 0 saturated heterocycles. The number of alkyl halides is 3. The number of carboxylic acid groups (broad SMARTS) is 1. The monoisotopic (exact) mass is 269 g/mol. The van der Waals surface area contributed by atoms with Crippen molar-refractivity contribution in [2.75, 3.05) is 0 Å². The summed E-state index contributed by atoms with van der Waals surface area (Å²) in [5, 5.41) is 9.19. The first-order valence-electron chi connectivity index (χ1n) is 5.48. The summed E-state index contributed by atoms with van der Waals surface area (Å²) in [5.74, 6) is -1.81. The van der Waals surface area contributed by atoms with Crippen LogP contribution in [0.3, 0.4) is 0 Å². The fourth-order valence-corrected chi connectivity index (χ4v) is 1.83. The summed E-state index contributed by atoms with van der Waals surface area (Å²) in [5.41, 5.74) is -0.374. The molecule has 0 radical (unpaired) electrons. The lowest BCUT2D eigenvalue weighted by Crippen LogP contribution is -2.09. The third-order valence-electron chi connectivity index (χ3n) is 2.96. The summed E-state index contributed by atoms with van der Waals surface area (Å²) >= 11 is 0. The Kier molecular flexibility index (Phi) is 3.18. The van der Waals surface area contributed by atoms with Crippen molar-refractivity contribution in [3.8, 4) is 0 Å². The van der Waals surface area contributed by atoms with E-state index in [0.29, 0.717) is 5.56 Å². The van der Waals surface area contributed by atoms with Gasteiger partial charge in [0, 0.05) is 17.8 Å². The third kappa shape index (κ3) is 2.52. The van der Waals surface area contributed by atoms with Crippen molar-refractivity contribution in [1.82, 2.24) is 4.98 Å². The lowest BCUT2D eigenvalue weighted by Gasteiger charge is -2.12. The van der Waals surface area contributed by atoms with Crippen LogP contribution in [0, 0.1) is 0 Å². The van der Waals surface area contributed by atoms with Crippen LogP contribution in [0.4, 0.5) is 13.2 Å². The van der Waals surface area contributed by atoms with E-state index in [1.54, 1.807) is 0 Å². The maximum absolute atomic E-state index is 12.8. The molecule has 100 valence electrons. The zero-order valence-corrected chi connectivity index (χ0v) is 9.90. The highest BCUT2D eigenvalue weighted by Gasteiger charge is 2.33. The smallest absolute Gasteiger partial charge is 0.418 e. The Labute approximate surface area is 106 Å². The Morgan fingerprint density at radius 3 is 2.58 bits per heavy atom. The fraction of sp³-hybridized carbons (Fsp3) is 0.231. The number of hydrogen-bond acceptors (Lipinski definition) is 2. The number of carboxylic acids is 1. The number of fused-ring (bicyclic) bond motifs is 1. The predicted molar refractivity (Wildman–Crippen MR) is 62.8 cm³/mol. The van der Waals surface area contributed by atoms with Gasteiger partial charge in [-0.1, -0.05) is 12.1 Å².